The number of esters is 1. The number of amides is 1. The zero-order valence-electron chi connectivity index (χ0n) is 7.27. The smallest absolute Gasteiger partial charge is 0.461 e. The van der Waals surface area contributed by atoms with E-state index in [1.807, 2.05) is 0 Å². The van der Waals surface area contributed by atoms with E-state index in [4.69, 9.17) is 0 Å². The molecule has 0 atom stereocenters. The molecule has 0 aliphatic heterocycles. The summed E-state index contributed by atoms with van der Waals surface area (Å²) in [6.07, 6.45) is -5.05. The first-order valence-corrected chi connectivity index (χ1v) is 3.53. The molecule has 0 spiro atoms. The van der Waals surface area contributed by atoms with Gasteiger partial charge in [-0.3, -0.25) is 4.79 Å². The first-order valence-electron chi connectivity index (χ1n) is 3.53. The van der Waals surface area contributed by atoms with Crippen LogP contribution in [0.3, 0.4) is 0 Å². The number of halogens is 3. The Kier molecular flexibility index (Phi) is 4.13. The van der Waals surface area contributed by atoms with Crippen LogP contribution in [0.25, 0.3) is 0 Å². The Bertz CT molecular complexity index is 259. The molecule has 4 nitrogen and oxygen atoms in total. The van der Waals surface area contributed by atoms with Gasteiger partial charge in [-0.25, -0.2) is 4.79 Å². The maximum Gasteiger partial charge on any atom is 0.471 e. The standard InChI is InChI=1S/C7H8F3NO3/c1-3-14-5(12)4(2)11-6(13)7(8,9)10/h2-3H2,1H3,(H,11,13). The lowest BCUT2D eigenvalue weighted by molar-refractivity contribution is -0.173. The van der Waals surface area contributed by atoms with Gasteiger partial charge in [0, 0.05) is 0 Å². The monoisotopic (exact) mass is 211 g/mol. The molecular weight excluding hydrogens is 203 g/mol. The van der Waals surface area contributed by atoms with Crippen molar-refractivity contribution in [2.45, 2.75) is 13.1 Å². The van der Waals surface area contributed by atoms with Gasteiger partial charge in [-0.15, -0.1) is 0 Å². The molecule has 1 N–H and O–H groups in total. The van der Waals surface area contributed by atoms with Gasteiger partial charge in [-0.2, -0.15) is 13.2 Å². The highest BCUT2D eigenvalue weighted by atomic mass is 19.4. The molecule has 0 aliphatic carbocycles. The normalized spacial score (nSPS) is 10.6. The predicted octanol–water partition coefficient (Wildman–Crippen LogP) is 0.742. The topological polar surface area (TPSA) is 55.4 Å². The Balaban J connectivity index is 4.21. The molecule has 0 aromatic carbocycles. The second-order valence-electron chi connectivity index (χ2n) is 2.15. The van der Waals surface area contributed by atoms with Gasteiger partial charge in [0.05, 0.1) is 6.61 Å². The average Bonchev–Trinajstić information content (AvgIpc) is 2.02. The lowest BCUT2D eigenvalue weighted by atomic mass is 10.4. The molecule has 0 unspecified atom stereocenters. The quantitative estimate of drug-likeness (QED) is 0.553. The van der Waals surface area contributed by atoms with E-state index >= 15 is 0 Å². The Labute approximate surface area is 77.7 Å². The van der Waals surface area contributed by atoms with E-state index in [0.29, 0.717) is 0 Å². The summed E-state index contributed by atoms with van der Waals surface area (Å²) in [6.45, 7) is 4.38. The molecular formula is C7H8F3NO3. The summed E-state index contributed by atoms with van der Waals surface area (Å²) in [6, 6.07) is 0. The van der Waals surface area contributed by atoms with Crippen molar-refractivity contribution in [3.05, 3.63) is 12.3 Å². The number of carbonyl (C=O) groups excluding carboxylic acids is 2. The molecule has 14 heavy (non-hydrogen) atoms. The number of alkyl halides is 3. The summed E-state index contributed by atoms with van der Waals surface area (Å²) in [7, 11) is 0. The van der Waals surface area contributed by atoms with E-state index in [9.17, 15) is 22.8 Å². The molecule has 0 fully saturated rings. The van der Waals surface area contributed by atoms with E-state index in [1.54, 1.807) is 0 Å². The van der Waals surface area contributed by atoms with E-state index < -0.39 is 23.7 Å². The molecule has 0 saturated carbocycles. The molecule has 0 heterocycles. The molecule has 1 amide bonds. The minimum atomic E-state index is -5.05. The van der Waals surface area contributed by atoms with Gasteiger partial charge in [0.1, 0.15) is 5.70 Å². The predicted molar refractivity (Wildman–Crippen MR) is 40.0 cm³/mol. The number of carbonyl (C=O) groups is 2. The van der Waals surface area contributed by atoms with Crippen LogP contribution in [0.5, 0.6) is 0 Å². The highest BCUT2D eigenvalue weighted by Crippen LogP contribution is 2.14. The molecule has 0 aliphatic rings. The van der Waals surface area contributed by atoms with Crippen molar-refractivity contribution in [1.82, 2.24) is 5.32 Å². The van der Waals surface area contributed by atoms with Crippen LogP contribution in [-0.4, -0.2) is 24.7 Å². The first-order chi connectivity index (χ1) is 6.29. The van der Waals surface area contributed by atoms with Crippen molar-refractivity contribution in [3.8, 4) is 0 Å². The fourth-order valence-electron chi connectivity index (χ4n) is 0.477. The van der Waals surface area contributed by atoms with Crippen LogP contribution in [-0.2, 0) is 14.3 Å². The van der Waals surface area contributed by atoms with Crippen molar-refractivity contribution in [2.75, 3.05) is 6.61 Å². The third kappa shape index (κ3) is 3.92. The first kappa shape index (κ1) is 12.5. The summed E-state index contributed by atoms with van der Waals surface area (Å²) >= 11 is 0. The third-order valence-electron chi connectivity index (χ3n) is 1.04. The molecule has 0 rings (SSSR count). The van der Waals surface area contributed by atoms with Gasteiger partial charge in [0.15, 0.2) is 0 Å². The van der Waals surface area contributed by atoms with Gasteiger partial charge < -0.3 is 10.1 Å². The second-order valence-corrected chi connectivity index (χ2v) is 2.15. The van der Waals surface area contributed by atoms with E-state index in [1.165, 1.54) is 12.2 Å². The zero-order valence-corrected chi connectivity index (χ0v) is 7.27. The Morgan fingerprint density at radius 1 is 1.43 bits per heavy atom. The lowest BCUT2D eigenvalue weighted by Gasteiger charge is -2.08. The van der Waals surface area contributed by atoms with E-state index in [-0.39, 0.29) is 6.61 Å². The van der Waals surface area contributed by atoms with Crippen LogP contribution in [0.4, 0.5) is 13.2 Å². The third-order valence-corrected chi connectivity index (χ3v) is 1.04. The van der Waals surface area contributed by atoms with Crippen molar-refractivity contribution in [2.24, 2.45) is 0 Å². The Morgan fingerprint density at radius 2 is 1.93 bits per heavy atom. The van der Waals surface area contributed by atoms with Crippen molar-refractivity contribution in [3.63, 3.8) is 0 Å². The Morgan fingerprint density at radius 3 is 2.29 bits per heavy atom. The molecule has 7 heteroatoms. The van der Waals surface area contributed by atoms with Crippen molar-refractivity contribution in [1.29, 1.82) is 0 Å². The summed E-state index contributed by atoms with van der Waals surface area (Å²) in [5.74, 6) is -3.35. The van der Waals surface area contributed by atoms with Crippen molar-refractivity contribution < 1.29 is 27.5 Å². The van der Waals surface area contributed by atoms with E-state index in [0.717, 1.165) is 0 Å². The number of rotatable bonds is 3. The maximum absolute atomic E-state index is 11.7. The van der Waals surface area contributed by atoms with Crippen LogP contribution in [0.15, 0.2) is 12.3 Å². The summed E-state index contributed by atoms with van der Waals surface area (Å²) in [5.41, 5.74) is -0.742. The number of ether oxygens (including phenoxy) is 1. The van der Waals surface area contributed by atoms with Crippen LogP contribution >= 0.6 is 0 Å². The minimum Gasteiger partial charge on any atom is -0.461 e. The molecule has 80 valence electrons. The van der Waals surface area contributed by atoms with E-state index in [2.05, 4.69) is 11.3 Å². The second kappa shape index (κ2) is 4.64. The van der Waals surface area contributed by atoms with Crippen LogP contribution < -0.4 is 5.32 Å². The largest absolute Gasteiger partial charge is 0.471 e. The fraction of sp³-hybridized carbons (Fsp3) is 0.429. The summed E-state index contributed by atoms with van der Waals surface area (Å²) in [4.78, 5) is 21.0. The molecule has 0 bridgehead atoms. The molecule has 0 aromatic heterocycles. The zero-order chi connectivity index (χ0) is 11.4. The van der Waals surface area contributed by atoms with Crippen LogP contribution in [0, 0.1) is 0 Å². The van der Waals surface area contributed by atoms with Gasteiger partial charge in [-0.05, 0) is 6.92 Å². The van der Waals surface area contributed by atoms with Gasteiger partial charge in [-0.1, -0.05) is 6.58 Å². The molecule has 0 radical (unpaired) electrons. The summed E-state index contributed by atoms with van der Waals surface area (Å²) < 4.78 is 39.3. The average molecular weight is 211 g/mol. The Hall–Kier alpha value is -1.53. The van der Waals surface area contributed by atoms with Gasteiger partial charge in [0.2, 0.25) is 0 Å². The van der Waals surface area contributed by atoms with Crippen LogP contribution in [0.2, 0.25) is 0 Å². The number of hydrogen-bond acceptors (Lipinski definition) is 3. The highest BCUT2D eigenvalue weighted by molar-refractivity contribution is 5.94. The van der Waals surface area contributed by atoms with Crippen molar-refractivity contribution >= 4 is 11.9 Å². The van der Waals surface area contributed by atoms with Gasteiger partial charge >= 0.3 is 18.1 Å². The molecule has 0 aromatic rings. The lowest BCUT2D eigenvalue weighted by Crippen LogP contribution is -2.38. The van der Waals surface area contributed by atoms with Crippen LogP contribution in [0.1, 0.15) is 6.92 Å². The summed E-state index contributed by atoms with van der Waals surface area (Å²) in [5, 5.41) is 1.27. The minimum absolute atomic E-state index is 0.0141. The van der Waals surface area contributed by atoms with Gasteiger partial charge in [0.25, 0.3) is 0 Å². The molecule has 0 saturated heterocycles. The fourth-order valence-corrected chi connectivity index (χ4v) is 0.477. The highest BCUT2D eigenvalue weighted by Gasteiger charge is 2.39. The SMILES string of the molecule is C=C(NC(=O)C(F)(F)F)C(=O)OCC. The number of nitrogens with one attached hydrogen (secondary N) is 1. The number of hydrogen-bond donors (Lipinski definition) is 1. The maximum atomic E-state index is 11.7.